The first-order valence-electron chi connectivity index (χ1n) is 8.53. The third-order valence-corrected chi connectivity index (χ3v) is 5.77. The van der Waals surface area contributed by atoms with Crippen molar-refractivity contribution < 1.29 is 19.0 Å². The Bertz CT molecular complexity index is 810. The fraction of sp³-hybridized carbons (Fsp3) is 0.450. The van der Waals surface area contributed by atoms with Crippen LogP contribution in [-0.4, -0.2) is 45.6 Å². The van der Waals surface area contributed by atoms with Crippen molar-refractivity contribution in [1.82, 2.24) is 4.90 Å². The minimum absolute atomic E-state index is 0.0940. The zero-order valence-corrected chi connectivity index (χ0v) is 15.1. The van der Waals surface area contributed by atoms with Gasteiger partial charge in [-0.15, -0.1) is 0 Å². The van der Waals surface area contributed by atoms with Gasteiger partial charge in [0.1, 0.15) is 0 Å². The molecule has 1 spiro atoms. The van der Waals surface area contributed by atoms with Crippen molar-refractivity contribution in [3.8, 4) is 11.5 Å². The second kappa shape index (κ2) is 5.63. The predicted octanol–water partition coefficient (Wildman–Crippen LogP) is 2.54. The summed E-state index contributed by atoms with van der Waals surface area (Å²) in [6.45, 7) is 1.01. The minimum Gasteiger partial charge on any atom is -0.493 e. The first-order chi connectivity index (χ1) is 12.0. The standard InChI is InChI=1S/C20H23NO4/c1-21-8-6-12-9-15(23-2)19(25-4)18-17(12)13(21)10-20(18)7-5-14(22)16(11-20)24-3/h5,7,9,11,13H,6,8,10H2,1-4H3/t13-,20-/m0/s1. The number of nitrogens with zero attached hydrogens (tertiary/aromatic N) is 1. The Morgan fingerprint density at radius 2 is 2.00 bits per heavy atom. The van der Waals surface area contributed by atoms with Gasteiger partial charge in [0.25, 0.3) is 0 Å². The molecule has 0 N–H and O–H groups in total. The molecule has 25 heavy (non-hydrogen) atoms. The highest BCUT2D eigenvalue weighted by atomic mass is 16.5. The van der Waals surface area contributed by atoms with Gasteiger partial charge in [-0.1, -0.05) is 6.08 Å². The molecule has 0 unspecified atom stereocenters. The number of benzene rings is 1. The van der Waals surface area contributed by atoms with Crippen molar-refractivity contribution in [1.29, 1.82) is 0 Å². The van der Waals surface area contributed by atoms with E-state index in [1.165, 1.54) is 11.1 Å². The van der Waals surface area contributed by atoms with Gasteiger partial charge in [0.2, 0.25) is 5.78 Å². The predicted molar refractivity (Wildman–Crippen MR) is 94.2 cm³/mol. The smallest absolute Gasteiger partial charge is 0.219 e. The average molecular weight is 341 g/mol. The zero-order valence-electron chi connectivity index (χ0n) is 15.1. The van der Waals surface area contributed by atoms with E-state index < -0.39 is 5.41 Å². The molecule has 0 saturated heterocycles. The number of ketones is 1. The summed E-state index contributed by atoms with van der Waals surface area (Å²) in [4.78, 5) is 14.5. The van der Waals surface area contributed by atoms with E-state index >= 15 is 0 Å². The Morgan fingerprint density at radius 3 is 2.68 bits per heavy atom. The summed E-state index contributed by atoms with van der Waals surface area (Å²) in [7, 11) is 7.04. The number of allylic oxidation sites excluding steroid dienone is 3. The van der Waals surface area contributed by atoms with Gasteiger partial charge in [-0.25, -0.2) is 0 Å². The van der Waals surface area contributed by atoms with Crippen LogP contribution in [0.15, 0.2) is 30.1 Å². The molecule has 1 aromatic carbocycles. The molecule has 1 heterocycles. The molecule has 132 valence electrons. The van der Waals surface area contributed by atoms with Crippen molar-refractivity contribution in [3.63, 3.8) is 0 Å². The minimum atomic E-state index is -0.410. The summed E-state index contributed by atoms with van der Waals surface area (Å²) >= 11 is 0. The van der Waals surface area contributed by atoms with Gasteiger partial charge in [0.15, 0.2) is 17.3 Å². The van der Waals surface area contributed by atoms with Gasteiger partial charge in [-0.2, -0.15) is 0 Å². The van der Waals surface area contributed by atoms with Crippen LogP contribution in [0.4, 0.5) is 0 Å². The lowest BCUT2D eigenvalue weighted by molar-refractivity contribution is -0.114. The molecule has 3 aliphatic rings. The van der Waals surface area contributed by atoms with Crippen LogP contribution in [0, 0.1) is 0 Å². The maximum Gasteiger partial charge on any atom is 0.219 e. The number of carbonyl (C=O) groups is 1. The van der Waals surface area contributed by atoms with E-state index in [0.717, 1.165) is 36.4 Å². The topological polar surface area (TPSA) is 48.0 Å². The number of methoxy groups -OCH3 is 3. The van der Waals surface area contributed by atoms with Crippen molar-refractivity contribution >= 4 is 5.78 Å². The van der Waals surface area contributed by atoms with Crippen LogP contribution in [0.1, 0.15) is 29.2 Å². The first-order valence-corrected chi connectivity index (χ1v) is 8.53. The third-order valence-electron chi connectivity index (χ3n) is 5.77. The van der Waals surface area contributed by atoms with Crippen molar-refractivity contribution in [2.45, 2.75) is 24.3 Å². The Labute approximate surface area is 147 Å². The molecule has 2 aliphatic carbocycles. The maximum atomic E-state index is 12.1. The summed E-state index contributed by atoms with van der Waals surface area (Å²) in [5.74, 6) is 1.80. The Balaban J connectivity index is 2.03. The molecule has 0 radical (unpaired) electrons. The second-order valence-corrected chi connectivity index (χ2v) is 6.96. The molecule has 1 aliphatic heterocycles. The van der Waals surface area contributed by atoms with Gasteiger partial charge in [0, 0.05) is 23.6 Å². The van der Waals surface area contributed by atoms with Crippen LogP contribution >= 0.6 is 0 Å². The van der Waals surface area contributed by atoms with E-state index in [2.05, 4.69) is 18.0 Å². The maximum absolute atomic E-state index is 12.1. The number of rotatable bonds is 3. The zero-order chi connectivity index (χ0) is 17.8. The molecule has 4 rings (SSSR count). The van der Waals surface area contributed by atoms with Crippen LogP contribution in [0.5, 0.6) is 11.5 Å². The number of ether oxygens (including phenoxy) is 3. The molecule has 5 heteroatoms. The number of fused-ring (bicyclic) bond motifs is 1. The van der Waals surface area contributed by atoms with Gasteiger partial charge in [-0.05, 0) is 49.2 Å². The molecule has 0 amide bonds. The quantitative estimate of drug-likeness (QED) is 0.846. The number of hydrogen-bond donors (Lipinski definition) is 0. The summed E-state index contributed by atoms with van der Waals surface area (Å²) < 4.78 is 16.7. The lowest BCUT2D eigenvalue weighted by Gasteiger charge is -2.32. The van der Waals surface area contributed by atoms with Crippen molar-refractivity contribution in [3.05, 3.63) is 46.7 Å². The summed E-state index contributed by atoms with van der Waals surface area (Å²) in [5.41, 5.74) is 3.33. The van der Waals surface area contributed by atoms with Crippen LogP contribution in [0.2, 0.25) is 0 Å². The van der Waals surface area contributed by atoms with E-state index in [1.807, 2.05) is 12.2 Å². The van der Waals surface area contributed by atoms with Crippen molar-refractivity contribution in [2.75, 3.05) is 34.9 Å². The molecule has 0 bridgehead atoms. The largest absolute Gasteiger partial charge is 0.493 e. The van der Waals surface area contributed by atoms with E-state index in [-0.39, 0.29) is 5.78 Å². The number of likely N-dealkylation sites (N-methyl/N-ethyl adjacent to an activating group) is 1. The highest BCUT2D eigenvalue weighted by Crippen LogP contribution is 2.58. The molecule has 2 atom stereocenters. The summed E-state index contributed by atoms with van der Waals surface area (Å²) in [5, 5.41) is 0. The van der Waals surface area contributed by atoms with Crippen LogP contribution < -0.4 is 9.47 Å². The first kappa shape index (κ1) is 16.2. The van der Waals surface area contributed by atoms with E-state index in [9.17, 15) is 4.79 Å². The Morgan fingerprint density at radius 1 is 1.20 bits per heavy atom. The fourth-order valence-electron chi connectivity index (χ4n) is 4.57. The molecule has 1 aromatic rings. The molecular formula is C20H23NO4. The fourth-order valence-corrected chi connectivity index (χ4v) is 4.57. The summed E-state index contributed by atoms with van der Waals surface area (Å²) in [6, 6.07) is 2.40. The third kappa shape index (κ3) is 2.15. The van der Waals surface area contributed by atoms with E-state index in [4.69, 9.17) is 14.2 Å². The van der Waals surface area contributed by atoms with Crippen LogP contribution in [-0.2, 0) is 21.4 Å². The SMILES string of the molecule is COC1=C[C@]2(C=CC1=O)C[C@H]1c3c(cc(OC)c(OC)c32)CCN1C. The monoisotopic (exact) mass is 341 g/mol. The van der Waals surface area contributed by atoms with Gasteiger partial charge in [0.05, 0.1) is 21.3 Å². The normalized spacial score (nSPS) is 27.3. The molecule has 5 nitrogen and oxygen atoms in total. The average Bonchev–Trinajstić information content (AvgIpc) is 2.96. The highest BCUT2D eigenvalue weighted by molar-refractivity contribution is 6.04. The highest BCUT2D eigenvalue weighted by Gasteiger charge is 2.49. The lowest BCUT2D eigenvalue weighted by Crippen LogP contribution is -2.31. The lowest BCUT2D eigenvalue weighted by atomic mass is 9.77. The van der Waals surface area contributed by atoms with Gasteiger partial charge >= 0.3 is 0 Å². The summed E-state index contributed by atoms with van der Waals surface area (Å²) in [6.07, 6.45) is 7.43. The van der Waals surface area contributed by atoms with Crippen LogP contribution in [0.3, 0.4) is 0 Å². The number of carbonyl (C=O) groups excluding carboxylic acids is 1. The molecule has 0 saturated carbocycles. The van der Waals surface area contributed by atoms with Gasteiger partial charge < -0.3 is 14.2 Å². The Kier molecular flexibility index (Phi) is 3.65. The number of hydrogen-bond acceptors (Lipinski definition) is 5. The van der Waals surface area contributed by atoms with Gasteiger partial charge in [-0.3, -0.25) is 9.69 Å². The van der Waals surface area contributed by atoms with Crippen LogP contribution in [0.25, 0.3) is 0 Å². The molecule has 0 aromatic heterocycles. The van der Waals surface area contributed by atoms with E-state index in [0.29, 0.717) is 11.8 Å². The molecule has 0 fully saturated rings. The molecular weight excluding hydrogens is 318 g/mol. The Hall–Kier alpha value is -2.27. The second-order valence-electron chi connectivity index (χ2n) is 6.96. The van der Waals surface area contributed by atoms with E-state index in [1.54, 1.807) is 27.4 Å². The van der Waals surface area contributed by atoms with Crippen molar-refractivity contribution in [2.24, 2.45) is 0 Å².